The standard InChI is InChI=1S/C16H25NO3S6Si/c1-4-18-27(19-5-2,20-6-3)13-9-12-21-24-26-25-23-16-17-14-10-7-8-11-15(14)22-16/h7-8,10-11H,4-6,9,12-13H2,1-3H3. The van der Waals surface area contributed by atoms with Gasteiger partial charge in [-0.15, -0.1) is 11.3 Å². The molecule has 2 aromatic rings. The predicted octanol–water partition coefficient (Wildman–Crippen LogP) is 7.42. The van der Waals surface area contributed by atoms with Crippen LogP contribution < -0.4 is 0 Å². The summed E-state index contributed by atoms with van der Waals surface area (Å²) < 4.78 is 20.0. The minimum absolute atomic E-state index is 0.642. The molecule has 4 nitrogen and oxygen atoms in total. The third-order valence-corrected chi connectivity index (χ3v) is 16.3. The lowest BCUT2D eigenvalue weighted by molar-refractivity contribution is 0.0712. The number of hydrogen-bond donors (Lipinski definition) is 0. The molecule has 0 radical (unpaired) electrons. The van der Waals surface area contributed by atoms with Crippen LogP contribution in [0.4, 0.5) is 0 Å². The van der Waals surface area contributed by atoms with Crippen LogP contribution in [0.5, 0.6) is 0 Å². The number of thiazole rings is 1. The Balaban J connectivity index is 1.59. The monoisotopic (exact) mass is 499 g/mol. The van der Waals surface area contributed by atoms with E-state index in [2.05, 4.69) is 23.2 Å². The Labute approximate surface area is 186 Å². The molecule has 1 aromatic carbocycles. The molecule has 1 heterocycles. The van der Waals surface area contributed by atoms with E-state index in [1.54, 1.807) is 41.8 Å². The van der Waals surface area contributed by atoms with Gasteiger partial charge in [-0.2, -0.15) is 0 Å². The molecule has 0 saturated heterocycles. The minimum Gasteiger partial charge on any atom is -0.374 e. The van der Waals surface area contributed by atoms with Crippen molar-refractivity contribution in [1.82, 2.24) is 4.98 Å². The van der Waals surface area contributed by atoms with E-state index in [0.717, 1.165) is 28.1 Å². The second kappa shape index (κ2) is 14.0. The lowest BCUT2D eigenvalue weighted by atomic mass is 10.3. The number of fused-ring (bicyclic) bond motifs is 1. The van der Waals surface area contributed by atoms with E-state index >= 15 is 0 Å². The number of para-hydroxylation sites is 1. The molecule has 0 spiro atoms. The molecule has 0 N–H and O–H groups in total. The van der Waals surface area contributed by atoms with Gasteiger partial charge in [0, 0.05) is 31.6 Å². The van der Waals surface area contributed by atoms with Crippen LogP contribution >= 0.6 is 62.4 Å². The molecule has 1 aromatic heterocycles. The molecule has 0 amide bonds. The molecule has 0 saturated carbocycles. The molecule has 0 atom stereocenters. The summed E-state index contributed by atoms with van der Waals surface area (Å²) in [5.74, 6) is 1.06. The maximum Gasteiger partial charge on any atom is 0.500 e. The van der Waals surface area contributed by atoms with Crippen molar-refractivity contribution in [3.05, 3.63) is 24.3 Å². The molecule has 0 aliphatic rings. The van der Waals surface area contributed by atoms with Crippen LogP contribution in [0.15, 0.2) is 28.6 Å². The Morgan fingerprint density at radius 2 is 1.67 bits per heavy atom. The fourth-order valence-corrected chi connectivity index (χ4v) is 15.3. The first-order chi connectivity index (χ1) is 13.2. The Bertz CT molecular complexity index is 612. The molecule has 0 aliphatic carbocycles. The molecule has 11 heteroatoms. The zero-order valence-electron chi connectivity index (χ0n) is 15.7. The first-order valence-electron chi connectivity index (χ1n) is 8.80. The van der Waals surface area contributed by atoms with Crippen molar-refractivity contribution < 1.29 is 13.3 Å². The van der Waals surface area contributed by atoms with Crippen LogP contribution in [0, 0.1) is 0 Å². The van der Waals surface area contributed by atoms with Gasteiger partial charge in [-0.1, -0.05) is 22.9 Å². The van der Waals surface area contributed by atoms with E-state index in [9.17, 15) is 0 Å². The molecule has 0 bridgehead atoms. The minimum atomic E-state index is -2.48. The van der Waals surface area contributed by atoms with E-state index in [0.29, 0.717) is 19.8 Å². The van der Waals surface area contributed by atoms with Crippen molar-refractivity contribution in [1.29, 1.82) is 0 Å². The Kier molecular flexibility index (Phi) is 12.6. The number of hydrogen-bond acceptors (Lipinski definition) is 10. The Morgan fingerprint density at radius 3 is 2.33 bits per heavy atom. The third kappa shape index (κ3) is 8.69. The second-order valence-electron chi connectivity index (χ2n) is 5.14. The first-order valence-corrected chi connectivity index (χ1v) is 17.9. The molecule has 0 unspecified atom stereocenters. The Morgan fingerprint density at radius 1 is 0.963 bits per heavy atom. The summed E-state index contributed by atoms with van der Waals surface area (Å²) in [5.41, 5.74) is 1.09. The van der Waals surface area contributed by atoms with Crippen molar-refractivity contribution in [2.75, 3.05) is 25.6 Å². The molecular weight excluding hydrogens is 475 g/mol. The van der Waals surface area contributed by atoms with Crippen molar-refractivity contribution in [3.8, 4) is 0 Å². The summed E-state index contributed by atoms with van der Waals surface area (Å²) in [7, 11) is 6.50. The SMILES string of the molecule is CCO[Si](CCCSSSSSc1nc2ccccc2s1)(OCC)OCC. The maximum atomic E-state index is 5.89. The highest BCUT2D eigenvalue weighted by atomic mass is 33.8. The van der Waals surface area contributed by atoms with Gasteiger partial charge in [0.1, 0.15) is 0 Å². The highest BCUT2D eigenvalue weighted by Crippen LogP contribution is 2.52. The summed E-state index contributed by atoms with van der Waals surface area (Å²) in [6.45, 7) is 7.93. The van der Waals surface area contributed by atoms with E-state index in [1.807, 2.05) is 47.5 Å². The number of nitrogens with zero attached hydrogens (tertiary/aromatic N) is 1. The molecule has 27 heavy (non-hydrogen) atoms. The number of rotatable bonds is 15. The lowest BCUT2D eigenvalue weighted by Crippen LogP contribution is -2.46. The van der Waals surface area contributed by atoms with E-state index in [4.69, 9.17) is 13.3 Å². The molecule has 2 rings (SSSR count). The second-order valence-corrected chi connectivity index (χ2v) is 16.9. The average Bonchev–Trinajstić information content (AvgIpc) is 3.07. The summed E-state index contributed by atoms with van der Waals surface area (Å²) in [5, 5.41) is 0. The smallest absolute Gasteiger partial charge is 0.374 e. The van der Waals surface area contributed by atoms with Gasteiger partial charge in [0.2, 0.25) is 0 Å². The summed E-state index contributed by atoms with van der Waals surface area (Å²) in [4.78, 5) is 4.63. The van der Waals surface area contributed by atoms with Gasteiger partial charge in [-0.25, -0.2) is 4.98 Å². The van der Waals surface area contributed by atoms with Gasteiger partial charge in [0.15, 0.2) is 4.34 Å². The van der Waals surface area contributed by atoms with Crippen molar-refractivity contribution in [3.63, 3.8) is 0 Å². The summed E-state index contributed by atoms with van der Waals surface area (Å²) >= 11 is 1.75. The molecule has 152 valence electrons. The van der Waals surface area contributed by atoms with Gasteiger partial charge in [-0.05, 0) is 79.6 Å². The predicted molar refractivity (Wildman–Crippen MR) is 131 cm³/mol. The van der Waals surface area contributed by atoms with Crippen LogP contribution in [0.1, 0.15) is 27.2 Å². The van der Waals surface area contributed by atoms with Gasteiger partial charge in [0.25, 0.3) is 0 Å². The van der Waals surface area contributed by atoms with Gasteiger partial charge < -0.3 is 13.3 Å². The van der Waals surface area contributed by atoms with Gasteiger partial charge >= 0.3 is 8.80 Å². The van der Waals surface area contributed by atoms with Crippen LogP contribution in [0.3, 0.4) is 0 Å². The van der Waals surface area contributed by atoms with E-state index < -0.39 is 8.80 Å². The molecular formula is C16H25NO3S6Si. The highest BCUT2D eigenvalue weighted by molar-refractivity contribution is 9.35. The van der Waals surface area contributed by atoms with Crippen molar-refractivity contribution in [2.45, 2.75) is 37.6 Å². The molecule has 0 fully saturated rings. The fourth-order valence-electron chi connectivity index (χ4n) is 2.34. The fraction of sp³-hybridized carbons (Fsp3) is 0.562. The first kappa shape index (κ1) is 24.2. The summed E-state index contributed by atoms with van der Waals surface area (Å²) in [6, 6.07) is 9.16. The lowest BCUT2D eigenvalue weighted by Gasteiger charge is -2.28. The normalized spacial score (nSPS) is 12.1. The summed E-state index contributed by atoms with van der Waals surface area (Å²) in [6.07, 6.45) is 1.04. The van der Waals surface area contributed by atoms with E-state index in [1.165, 1.54) is 4.70 Å². The maximum absolute atomic E-state index is 5.89. The Hall–Kier alpha value is 0.957. The third-order valence-electron chi connectivity index (χ3n) is 3.29. The van der Waals surface area contributed by atoms with E-state index in [-0.39, 0.29) is 0 Å². The van der Waals surface area contributed by atoms with Gasteiger partial charge in [0.05, 0.1) is 10.2 Å². The number of benzene rings is 1. The largest absolute Gasteiger partial charge is 0.500 e. The quantitative estimate of drug-likeness (QED) is 0.141. The number of aromatic nitrogens is 1. The topological polar surface area (TPSA) is 40.6 Å². The van der Waals surface area contributed by atoms with Gasteiger partial charge in [-0.3, -0.25) is 0 Å². The van der Waals surface area contributed by atoms with Crippen LogP contribution in [0.25, 0.3) is 10.2 Å². The van der Waals surface area contributed by atoms with Crippen molar-refractivity contribution >= 4 is 81.4 Å². The van der Waals surface area contributed by atoms with Crippen molar-refractivity contribution in [2.24, 2.45) is 0 Å². The van der Waals surface area contributed by atoms with Crippen LogP contribution in [-0.2, 0) is 13.3 Å². The average molecular weight is 500 g/mol. The zero-order chi connectivity index (χ0) is 19.4. The zero-order valence-corrected chi connectivity index (χ0v) is 21.6. The highest BCUT2D eigenvalue weighted by Gasteiger charge is 2.39. The van der Waals surface area contributed by atoms with Crippen LogP contribution in [0.2, 0.25) is 6.04 Å². The van der Waals surface area contributed by atoms with Crippen LogP contribution in [-0.4, -0.2) is 39.4 Å². The molecule has 0 aliphatic heterocycles.